The molecule has 1 unspecified atom stereocenters. The number of hydrogen-bond acceptors (Lipinski definition) is 4. The molecule has 1 aliphatic heterocycles. The highest BCUT2D eigenvalue weighted by Crippen LogP contribution is 2.41. The van der Waals surface area contributed by atoms with Crippen molar-refractivity contribution in [1.29, 1.82) is 0 Å². The molecule has 106 valence electrons. The Labute approximate surface area is 115 Å². The molecule has 4 heteroatoms. The molecule has 4 nitrogen and oxygen atoms in total. The van der Waals surface area contributed by atoms with Crippen molar-refractivity contribution in [3.05, 3.63) is 11.8 Å². The van der Waals surface area contributed by atoms with Gasteiger partial charge in [0.15, 0.2) is 0 Å². The van der Waals surface area contributed by atoms with Crippen LogP contribution in [0.1, 0.15) is 58.2 Å². The number of nitrogens with zero attached hydrogens (tertiary/aromatic N) is 3. The van der Waals surface area contributed by atoms with Crippen LogP contribution in [0.4, 0.5) is 0 Å². The Bertz CT molecular complexity index is 431. The summed E-state index contributed by atoms with van der Waals surface area (Å²) in [6.45, 7) is 9.54. The van der Waals surface area contributed by atoms with Crippen LogP contribution in [0.2, 0.25) is 0 Å². The van der Waals surface area contributed by atoms with Crippen molar-refractivity contribution >= 4 is 0 Å². The Hall–Kier alpha value is -0.900. The highest BCUT2D eigenvalue weighted by atomic mass is 16.4. The maximum atomic E-state index is 5.80. The Balaban J connectivity index is 1.59. The molecular formula is C15H25N3O. The van der Waals surface area contributed by atoms with E-state index in [1.807, 2.05) is 0 Å². The van der Waals surface area contributed by atoms with Crippen LogP contribution in [0.5, 0.6) is 0 Å². The minimum atomic E-state index is -0.0519. The summed E-state index contributed by atoms with van der Waals surface area (Å²) >= 11 is 0. The summed E-state index contributed by atoms with van der Waals surface area (Å²) in [6, 6.07) is 0. The van der Waals surface area contributed by atoms with E-state index in [1.165, 1.54) is 38.8 Å². The van der Waals surface area contributed by atoms with E-state index in [1.54, 1.807) is 0 Å². The van der Waals surface area contributed by atoms with E-state index >= 15 is 0 Å². The van der Waals surface area contributed by atoms with Crippen molar-refractivity contribution in [3.8, 4) is 0 Å². The minimum absolute atomic E-state index is 0.0519. The molecule has 2 aliphatic rings. The van der Waals surface area contributed by atoms with Gasteiger partial charge in [0.2, 0.25) is 11.8 Å². The van der Waals surface area contributed by atoms with Crippen LogP contribution in [0.15, 0.2) is 4.42 Å². The van der Waals surface area contributed by atoms with Crippen molar-refractivity contribution in [2.45, 2.75) is 58.4 Å². The molecule has 2 fully saturated rings. The van der Waals surface area contributed by atoms with E-state index in [0.29, 0.717) is 0 Å². The zero-order valence-electron chi connectivity index (χ0n) is 12.4. The van der Waals surface area contributed by atoms with Crippen LogP contribution in [0.25, 0.3) is 0 Å². The maximum absolute atomic E-state index is 5.80. The number of piperidine rings is 1. The number of likely N-dealkylation sites (tertiary alicyclic amines) is 1. The average Bonchev–Trinajstić information content (AvgIpc) is 3.09. The first-order valence-corrected chi connectivity index (χ1v) is 7.57. The van der Waals surface area contributed by atoms with Crippen LogP contribution >= 0.6 is 0 Å². The molecule has 1 saturated heterocycles. The van der Waals surface area contributed by atoms with Crippen molar-refractivity contribution in [2.75, 3.05) is 13.1 Å². The predicted molar refractivity (Wildman–Crippen MR) is 73.7 cm³/mol. The second-order valence-electron chi connectivity index (χ2n) is 7.23. The van der Waals surface area contributed by atoms with Crippen molar-refractivity contribution in [1.82, 2.24) is 15.1 Å². The molecule has 0 amide bonds. The van der Waals surface area contributed by atoms with Gasteiger partial charge in [-0.25, -0.2) is 0 Å². The smallest absolute Gasteiger partial charge is 0.230 e. The number of hydrogen-bond donors (Lipinski definition) is 0. The van der Waals surface area contributed by atoms with Gasteiger partial charge in [-0.3, -0.25) is 4.90 Å². The molecule has 0 N–H and O–H groups in total. The second-order valence-corrected chi connectivity index (χ2v) is 7.23. The lowest BCUT2D eigenvalue weighted by Crippen LogP contribution is -2.35. The highest BCUT2D eigenvalue weighted by molar-refractivity contribution is 4.96. The van der Waals surface area contributed by atoms with Crippen LogP contribution in [0, 0.1) is 11.8 Å². The summed E-state index contributed by atoms with van der Waals surface area (Å²) in [7, 11) is 0. The molecule has 0 aromatic carbocycles. The molecule has 1 atom stereocenters. The van der Waals surface area contributed by atoms with Crippen molar-refractivity contribution in [2.24, 2.45) is 11.8 Å². The molecule has 1 aromatic rings. The molecule has 1 aliphatic carbocycles. The fraction of sp³-hybridized carbons (Fsp3) is 0.867. The SMILES string of the molecule is CC(C)(C)c1nnc(CN2CCCC(C3CC3)C2)o1. The summed E-state index contributed by atoms with van der Waals surface area (Å²) in [5.41, 5.74) is -0.0519. The van der Waals surface area contributed by atoms with E-state index < -0.39 is 0 Å². The highest BCUT2D eigenvalue weighted by Gasteiger charge is 2.34. The summed E-state index contributed by atoms with van der Waals surface area (Å²) < 4.78 is 5.80. The summed E-state index contributed by atoms with van der Waals surface area (Å²) in [5, 5.41) is 8.38. The molecule has 1 saturated carbocycles. The zero-order valence-corrected chi connectivity index (χ0v) is 12.4. The van der Waals surface area contributed by atoms with Gasteiger partial charge in [-0.2, -0.15) is 0 Å². The standard InChI is InChI=1S/C15H25N3O/c1-15(2,3)14-17-16-13(19-14)10-18-8-4-5-12(9-18)11-6-7-11/h11-12H,4-10H2,1-3H3. The van der Waals surface area contributed by atoms with E-state index in [9.17, 15) is 0 Å². The quantitative estimate of drug-likeness (QED) is 0.840. The van der Waals surface area contributed by atoms with Gasteiger partial charge in [-0.1, -0.05) is 20.8 Å². The number of aromatic nitrogens is 2. The lowest BCUT2D eigenvalue weighted by atomic mass is 9.93. The van der Waals surface area contributed by atoms with Crippen LogP contribution < -0.4 is 0 Å². The molecule has 1 aromatic heterocycles. The van der Waals surface area contributed by atoms with Gasteiger partial charge in [-0.15, -0.1) is 10.2 Å². The van der Waals surface area contributed by atoms with Gasteiger partial charge in [0.05, 0.1) is 6.54 Å². The third kappa shape index (κ3) is 3.16. The van der Waals surface area contributed by atoms with Gasteiger partial charge < -0.3 is 4.42 Å². The lowest BCUT2D eigenvalue weighted by Gasteiger charge is -2.31. The lowest BCUT2D eigenvalue weighted by molar-refractivity contribution is 0.141. The van der Waals surface area contributed by atoms with Crippen LogP contribution in [0.3, 0.4) is 0 Å². The van der Waals surface area contributed by atoms with Gasteiger partial charge in [-0.05, 0) is 44.1 Å². The van der Waals surface area contributed by atoms with Gasteiger partial charge in [0.25, 0.3) is 0 Å². The molecule has 0 radical (unpaired) electrons. The first-order valence-electron chi connectivity index (χ1n) is 7.57. The molecule has 0 spiro atoms. The maximum Gasteiger partial charge on any atom is 0.230 e. The van der Waals surface area contributed by atoms with Crippen LogP contribution in [-0.2, 0) is 12.0 Å². The molecular weight excluding hydrogens is 238 g/mol. The third-order valence-corrected chi connectivity index (χ3v) is 4.30. The van der Waals surface area contributed by atoms with Crippen LogP contribution in [-0.4, -0.2) is 28.2 Å². The third-order valence-electron chi connectivity index (χ3n) is 4.30. The van der Waals surface area contributed by atoms with Crippen molar-refractivity contribution < 1.29 is 4.42 Å². The van der Waals surface area contributed by atoms with Crippen molar-refractivity contribution in [3.63, 3.8) is 0 Å². The Morgan fingerprint density at radius 1 is 1.16 bits per heavy atom. The van der Waals surface area contributed by atoms with E-state index in [4.69, 9.17) is 4.42 Å². The van der Waals surface area contributed by atoms with Gasteiger partial charge >= 0.3 is 0 Å². The first kappa shape index (κ1) is 13.1. The summed E-state index contributed by atoms with van der Waals surface area (Å²) in [5.74, 6) is 3.45. The van der Waals surface area contributed by atoms with E-state index in [0.717, 1.165) is 30.2 Å². The fourth-order valence-corrected chi connectivity index (χ4v) is 3.00. The Morgan fingerprint density at radius 2 is 1.95 bits per heavy atom. The normalized spacial score (nSPS) is 25.7. The molecule has 0 bridgehead atoms. The van der Waals surface area contributed by atoms with Gasteiger partial charge in [0, 0.05) is 12.0 Å². The molecule has 19 heavy (non-hydrogen) atoms. The first-order chi connectivity index (χ1) is 9.02. The average molecular weight is 263 g/mol. The Kier molecular flexibility index (Phi) is 3.37. The molecule has 2 heterocycles. The largest absolute Gasteiger partial charge is 0.423 e. The fourth-order valence-electron chi connectivity index (χ4n) is 3.00. The number of rotatable bonds is 3. The monoisotopic (exact) mass is 263 g/mol. The topological polar surface area (TPSA) is 42.2 Å². The minimum Gasteiger partial charge on any atom is -0.423 e. The zero-order chi connectivity index (χ0) is 13.5. The Morgan fingerprint density at radius 3 is 2.58 bits per heavy atom. The van der Waals surface area contributed by atoms with E-state index in [-0.39, 0.29) is 5.41 Å². The molecule has 3 rings (SSSR count). The van der Waals surface area contributed by atoms with E-state index in [2.05, 4.69) is 35.9 Å². The summed E-state index contributed by atoms with van der Waals surface area (Å²) in [6.07, 6.45) is 5.64. The summed E-state index contributed by atoms with van der Waals surface area (Å²) in [4.78, 5) is 2.49. The van der Waals surface area contributed by atoms with Gasteiger partial charge in [0.1, 0.15) is 0 Å². The predicted octanol–water partition coefficient (Wildman–Crippen LogP) is 2.99. The second kappa shape index (κ2) is 4.89.